The van der Waals surface area contributed by atoms with Gasteiger partial charge >= 0.3 is 0 Å². The van der Waals surface area contributed by atoms with Crippen LogP contribution in [0.25, 0.3) is 11.4 Å². The van der Waals surface area contributed by atoms with E-state index in [4.69, 9.17) is 10.5 Å². The summed E-state index contributed by atoms with van der Waals surface area (Å²) in [6.45, 7) is 0.716. The summed E-state index contributed by atoms with van der Waals surface area (Å²) < 4.78 is 5.00. The van der Waals surface area contributed by atoms with E-state index < -0.39 is 0 Å². The van der Waals surface area contributed by atoms with Crippen molar-refractivity contribution < 1.29 is 4.74 Å². The Kier molecular flexibility index (Phi) is 4.44. The molecule has 0 aliphatic rings. The molecule has 3 N–H and O–H groups in total. The number of benzene rings is 1. The Morgan fingerprint density at radius 3 is 2.83 bits per heavy atom. The molecule has 0 aliphatic heterocycles. The zero-order valence-corrected chi connectivity index (χ0v) is 10.5. The van der Waals surface area contributed by atoms with E-state index in [1.807, 2.05) is 30.3 Å². The molecule has 0 fully saturated rings. The molecule has 0 radical (unpaired) electrons. The number of methoxy groups -OCH3 is 1. The summed E-state index contributed by atoms with van der Waals surface area (Å²) in [7, 11) is 1.69. The van der Waals surface area contributed by atoms with Gasteiger partial charge < -0.3 is 10.5 Å². The first-order valence-electron chi connectivity index (χ1n) is 6.03. The fourth-order valence-corrected chi connectivity index (χ4v) is 1.74. The summed E-state index contributed by atoms with van der Waals surface area (Å²) in [5.74, 6) is 1.41. The van der Waals surface area contributed by atoms with Gasteiger partial charge in [-0.05, 0) is 12.8 Å². The van der Waals surface area contributed by atoms with Crippen molar-refractivity contribution >= 4 is 0 Å². The fraction of sp³-hybridized carbons (Fsp3) is 0.385. The Morgan fingerprint density at radius 1 is 1.33 bits per heavy atom. The number of hydrogen-bond donors (Lipinski definition) is 2. The number of aromatic nitrogens is 3. The van der Waals surface area contributed by atoms with Gasteiger partial charge in [0.25, 0.3) is 0 Å². The molecule has 1 atom stereocenters. The van der Waals surface area contributed by atoms with Gasteiger partial charge in [0.15, 0.2) is 5.82 Å². The van der Waals surface area contributed by atoms with Gasteiger partial charge in [0.1, 0.15) is 5.82 Å². The van der Waals surface area contributed by atoms with Crippen molar-refractivity contribution in [1.82, 2.24) is 15.2 Å². The summed E-state index contributed by atoms with van der Waals surface area (Å²) in [6.07, 6.45) is 1.75. The molecule has 0 spiro atoms. The normalized spacial score (nSPS) is 12.6. The maximum Gasteiger partial charge on any atom is 0.181 e. The van der Waals surface area contributed by atoms with Crippen LogP contribution in [0.4, 0.5) is 0 Å². The van der Waals surface area contributed by atoms with E-state index in [1.54, 1.807) is 7.11 Å². The molecule has 1 unspecified atom stereocenters. The molecule has 5 nitrogen and oxygen atoms in total. The minimum atomic E-state index is -0.120. The predicted octanol–water partition coefficient (Wildman–Crippen LogP) is 1.90. The van der Waals surface area contributed by atoms with Crippen LogP contribution in [-0.4, -0.2) is 28.9 Å². The highest BCUT2D eigenvalue weighted by atomic mass is 16.5. The first-order valence-corrected chi connectivity index (χ1v) is 6.03. The molecule has 0 aliphatic carbocycles. The zero-order valence-electron chi connectivity index (χ0n) is 10.5. The van der Waals surface area contributed by atoms with Crippen molar-refractivity contribution in [3.8, 4) is 11.4 Å². The first-order chi connectivity index (χ1) is 8.81. The highest BCUT2D eigenvalue weighted by Crippen LogP contribution is 2.17. The van der Waals surface area contributed by atoms with Gasteiger partial charge in [0.2, 0.25) is 0 Å². The van der Waals surface area contributed by atoms with Gasteiger partial charge in [0, 0.05) is 19.3 Å². The van der Waals surface area contributed by atoms with Crippen LogP contribution in [0.5, 0.6) is 0 Å². The van der Waals surface area contributed by atoms with Gasteiger partial charge in [-0.3, -0.25) is 5.10 Å². The Bertz CT molecular complexity index is 469. The van der Waals surface area contributed by atoms with Crippen LogP contribution in [0, 0.1) is 0 Å². The van der Waals surface area contributed by atoms with E-state index in [1.165, 1.54) is 0 Å². The lowest BCUT2D eigenvalue weighted by Gasteiger charge is -2.06. The predicted molar refractivity (Wildman–Crippen MR) is 69.9 cm³/mol. The molecule has 0 bridgehead atoms. The van der Waals surface area contributed by atoms with E-state index in [-0.39, 0.29) is 6.04 Å². The number of hydrogen-bond acceptors (Lipinski definition) is 4. The molecule has 96 valence electrons. The second kappa shape index (κ2) is 6.28. The monoisotopic (exact) mass is 246 g/mol. The molecule has 2 rings (SSSR count). The molecule has 0 amide bonds. The van der Waals surface area contributed by atoms with E-state index in [2.05, 4.69) is 15.2 Å². The maximum atomic E-state index is 6.04. The Labute approximate surface area is 106 Å². The lowest BCUT2D eigenvalue weighted by molar-refractivity contribution is 0.190. The smallest absolute Gasteiger partial charge is 0.181 e. The van der Waals surface area contributed by atoms with E-state index >= 15 is 0 Å². The van der Waals surface area contributed by atoms with Gasteiger partial charge in [0.05, 0.1) is 6.04 Å². The number of nitrogens with two attached hydrogens (primary N) is 1. The standard InChI is InChI=1S/C13H18N4O/c1-18-9-5-8-11(14)13-15-12(16-17-13)10-6-3-2-4-7-10/h2-4,6-7,11H,5,8-9,14H2,1H3,(H,15,16,17). The highest BCUT2D eigenvalue weighted by Gasteiger charge is 2.12. The zero-order chi connectivity index (χ0) is 12.8. The second-order valence-electron chi connectivity index (χ2n) is 4.15. The Hall–Kier alpha value is -1.72. The minimum Gasteiger partial charge on any atom is -0.385 e. The van der Waals surface area contributed by atoms with Gasteiger partial charge in [-0.2, -0.15) is 5.10 Å². The quantitative estimate of drug-likeness (QED) is 0.763. The summed E-state index contributed by atoms with van der Waals surface area (Å²) in [4.78, 5) is 4.43. The molecule has 2 aromatic rings. The second-order valence-corrected chi connectivity index (χ2v) is 4.15. The van der Waals surface area contributed by atoms with Crippen LogP contribution in [0.2, 0.25) is 0 Å². The summed E-state index contributed by atoms with van der Waals surface area (Å²) in [5, 5.41) is 7.09. The number of aromatic amines is 1. The number of ether oxygens (including phenoxy) is 1. The minimum absolute atomic E-state index is 0.120. The van der Waals surface area contributed by atoms with Crippen molar-refractivity contribution in [1.29, 1.82) is 0 Å². The summed E-state index contributed by atoms with van der Waals surface area (Å²) >= 11 is 0. The summed E-state index contributed by atoms with van der Waals surface area (Å²) in [5.41, 5.74) is 7.03. The maximum absolute atomic E-state index is 6.04. The Morgan fingerprint density at radius 2 is 2.11 bits per heavy atom. The van der Waals surface area contributed by atoms with E-state index in [0.29, 0.717) is 12.4 Å². The summed E-state index contributed by atoms with van der Waals surface area (Å²) in [6, 6.07) is 9.72. The third-order valence-electron chi connectivity index (χ3n) is 2.75. The van der Waals surface area contributed by atoms with Crippen molar-refractivity contribution in [2.45, 2.75) is 18.9 Å². The third kappa shape index (κ3) is 3.15. The molecule has 1 aromatic heterocycles. The van der Waals surface area contributed by atoms with Crippen LogP contribution in [-0.2, 0) is 4.74 Å². The Balaban J connectivity index is 2.02. The third-order valence-corrected chi connectivity index (χ3v) is 2.75. The SMILES string of the molecule is COCCCC(N)c1nc(-c2ccccc2)n[nH]1. The molecular weight excluding hydrogens is 228 g/mol. The molecule has 1 aromatic carbocycles. The van der Waals surface area contributed by atoms with Crippen molar-refractivity contribution in [3.63, 3.8) is 0 Å². The van der Waals surface area contributed by atoms with Crippen LogP contribution >= 0.6 is 0 Å². The van der Waals surface area contributed by atoms with Crippen LogP contribution in [0.3, 0.4) is 0 Å². The van der Waals surface area contributed by atoms with Crippen LogP contribution < -0.4 is 5.73 Å². The van der Waals surface area contributed by atoms with Crippen molar-refractivity contribution in [2.24, 2.45) is 5.73 Å². The lowest BCUT2D eigenvalue weighted by atomic mass is 10.1. The number of H-pyrrole nitrogens is 1. The molecule has 1 heterocycles. The van der Waals surface area contributed by atoms with Crippen LogP contribution in [0.1, 0.15) is 24.7 Å². The average molecular weight is 246 g/mol. The molecule has 5 heteroatoms. The molecular formula is C13H18N4O. The highest BCUT2D eigenvalue weighted by molar-refractivity contribution is 5.53. The van der Waals surface area contributed by atoms with E-state index in [9.17, 15) is 0 Å². The topological polar surface area (TPSA) is 76.8 Å². The molecule has 18 heavy (non-hydrogen) atoms. The van der Waals surface area contributed by atoms with E-state index in [0.717, 1.165) is 24.2 Å². The average Bonchev–Trinajstić information content (AvgIpc) is 2.89. The molecule has 0 saturated carbocycles. The first kappa shape index (κ1) is 12.7. The van der Waals surface area contributed by atoms with Crippen LogP contribution in [0.15, 0.2) is 30.3 Å². The largest absolute Gasteiger partial charge is 0.385 e. The van der Waals surface area contributed by atoms with Gasteiger partial charge in [-0.1, -0.05) is 30.3 Å². The van der Waals surface area contributed by atoms with Crippen molar-refractivity contribution in [3.05, 3.63) is 36.2 Å². The number of nitrogens with one attached hydrogen (secondary N) is 1. The number of nitrogens with zero attached hydrogens (tertiary/aromatic N) is 2. The van der Waals surface area contributed by atoms with Gasteiger partial charge in [-0.15, -0.1) is 0 Å². The van der Waals surface area contributed by atoms with Gasteiger partial charge in [-0.25, -0.2) is 4.98 Å². The molecule has 0 saturated heterocycles. The fourth-order valence-electron chi connectivity index (χ4n) is 1.74. The number of rotatable bonds is 6. The lowest BCUT2D eigenvalue weighted by Crippen LogP contribution is -2.12. The van der Waals surface area contributed by atoms with Crippen molar-refractivity contribution in [2.75, 3.05) is 13.7 Å².